The van der Waals surface area contributed by atoms with Crippen LogP contribution in [-0.2, 0) is 0 Å². The molecule has 44 heavy (non-hydrogen) atoms. The molecule has 0 atom stereocenters. The molecule has 6 aromatic carbocycles. The van der Waals surface area contributed by atoms with Gasteiger partial charge in [-0.05, 0) is 80.3 Å². The average molecular weight is 595 g/mol. The van der Waals surface area contributed by atoms with Crippen molar-refractivity contribution < 1.29 is 0 Å². The Balaban J connectivity index is 1.13. The number of hydrogen-bond acceptors (Lipinski definition) is 4. The van der Waals surface area contributed by atoms with Crippen molar-refractivity contribution in [1.29, 1.82) is 0 Å². The molecule has 4 heteroatoms. The van der Waals surface area contributed by atoms with Crippen molar-refractivity contribution in [2.24, 2.45) is 0 Å². The molecule has 0 fully saturated rings. The van der Waals surface area contributed by atoms with Gasteiger partial charge < -0.3 is 0 Å². The van der Waals surface area contributed by atoms with Crippen LogP contribution in [0.5, 0.6) is 0 Å². The van der Waals surface area contributed by atoms with Gasteiger partial charge in [-0.1, -0.05) is 72.8 Å². The third kappa shape index (κ3) is 3.53. The lowest BCUT2D eigenvalue weighted by Crippen LogP contribution is -1.86. The van der Waals surface area contributed by atoms with E-state index in [4.69, 9.17) is 4.98 Å². The lowest BCUT2D eigenvalue weighted by molar-refractivity contribution is 1.32. The number of thiophene rings is 2. The monoisotopic (exact) mass is 594 g/mol. The highest BCUT2D eigenvalue weighted by atomic mass is 32.1. The molecule has 4 aromatic heterocycles. The third-order valence-corrected chi connectivity index (χ3v) is 11.2. The molecule has 0 N–H and O–H groups in total. The first-order chi connectivity index (χ1) is 21.8. The van der Waals surface area contributed by atoms with E-state index in [0.29, 0.717) is 0 Å². The van der Waals surface area contributed by atoms with Crippen molar-refractivity contribution in [1.82, 2.24) is 9.97 Å². The van der Waals surface area contributed by atoms with E-state index in [2.05, 4.69) is 120 Å². The Labute approximate surface area is 260 Å². The topological polar surface area (TPSA) is 25.8 Å². The van der Waals surface area contributed by atoms with Crippen molar-refractivity contribution in [2.75, 3.05) is 0 Å². The van der Waals surface area contributed by atoms with Crippen molar-refractivity contribution >= 4 is 95.5 Å². The predicted octanol–water partition coefficient (Wildman–Crippen LogP) is 12.0. The second-order valence-corrected chi connectivity index (χ2v) is 13.6. The zero-order valence-electron chi connectivity index (χ0n) is 23.4. The van der Waals surface area contributed by atoms with Gasteiger partial charge in [-0.15, -0.1) is 22.7 Å². The minimum Gasteiger partial charge on any atom is -0.263 e. The maximum absolute atomic E-state index is 5.05. The minimum atomic E-state index is 1.06. The van der Waals surface area contributed by atoms with Gasteiger partial charge >= 0.3 is 0 Å². The quantitative estimate of drug-likeness (QED) is 0.186. The summed E-state index contributed by atoms with van der Waals surface area (Å²) in [5.41, 5.74) is 5.51. The van der Waals surface area contributed by atoms with Crippen LogP contribution < -0.4 is 0 Å². The van der Waals surface area contributed by atoms with E-state index in [1.54, 1.807) is 0 Å². The van der Waals surface area contributed by atoms with Crippen LogP contribution in [0, 0.1) is 0 Å². The predicted molar refractivity (Wildman–Crippen MR) is 191 cm³/mol. The Morgan fingerprint density at radius 1 is 0.341 bits per heavy atom. The maximum atomic E-state index is 5.05. The normalized spacial score (nSPS) is 12.1. The van der Waals surface area contributed by atoms with Gasteiger partial charge in [0.1, 0.15) is 0 Å². The number of pyridine rings is 2. The maximum Gasteiger partial charge on any atom is 0.0889 e. The number of nitrogens with zero attached hydrogens (tertiary/aromatic N) is 2. The summed E-state index contributed by atoms with van der Waals surface area (Å²) in [4.78, 5) is 9.71. The number of hydrogen-bond donors (Lipinski definition) is 0. The first-order valence-electron chi connectivity index (χ1n) is 14.7. The largest absolute Gasteiger partial charge is 0.263 e. The Kier molecular flexibility index (Phi) is 5.06. The van der Waals surface area contributed by atoms with E-state index in [1.807, 2.05) is 41.3 Å². The fourth-order valence-corrected chi connectivity index (χ4v) is 9.07. The molecular weight excluding hydrogens is 573 g/mol. The summed E-state index contributed by atoms with van der Waals surface area (Å²) in [7, 11) is 0. The van der Waals surface area contributed by atoms with Crippen LogP contribution >= 0.6 is 22.7 Å². The Morgan fingerprint density at radius 3 is 1.70 bits per heavy atom. The molecule has 0 bridgehead atoms. The van der Waals surface area contributed by atoms with Gasteiger partial charge in [0, 0.05) is 65.5 Å². The van der Waals surface area contributed by atoms with Crippen LogP contribution in [0.4, 0.5) is 0 Å². The van der Waals surface area contributed by atoms with E-state index < -0.39 is 0 Å². The Bertz CT molecular complexity index is 2790. The third-order valence-electron chi connectivity index (χ3n) is 8.95. The van der Waals surface area contributed by atoms with Crippen LogP contribution in [-0.4, -0.2) is 9.97 Å². The molecule has 0 aliphatic carbocycles. The molecular formula is C40H22N2S2. The minimum absolute atomic E-state index is 1.06. The van der Waals surface area contributed by atoms with Gasteiger partial charge in [-0.25, -0.2) is 0 Å². The molecule has 0 unspecified atom stereocenters. The second kappa shape index (κ2) is 9.17. The van der Waals surface area contributed by atoms with Crippen LogP contribution in [0.25, 0.3) is 95.0 Å². The standard InChI is InChI=1S/C40H22N2S2/c1-3-9-29-27(7-1)28-8-2-4-10-30(28)33-19-38-35(18-32(29)33)40-39(44-38)17-26(22-42-40)25-15-24(20-41-21-25)23-13-14-37-34(16-23)31-11-5-6-12-36(31)43-37/h1-22H. The van der Waals surface area contributed by atoms with Crippen molar-refractivity contribution in [3.05, 3.63) is 134 Å². The molecule has 4 heterocycles. The summed E-state index contributed by atoms with van der Waals surface area (Å²) in [6, 6.07) is 42.2. The molecule has 0 aliphatic rings. The highest BCUT2D eigenvalue weighted by Gasteiger charge is 2.14. The highest BCUT2D eigenvalue weighted by Crippen LogP contribution is 2.42. The first kappa shape index (κ1) is 24.3. The molecule has 0 saturated heterocycles. The lowest BCUT2D eigenvalue weighted by atomic mass is 9.93. The molecule has 0 saturated carbocycles. The van der Waals surface area contributed by atoms with Crippen molar-refractivity contribution in [2.45, 2.75) is 0 Å². The van der Waals surface area contributed by atoms with E-state index >= 15 is 0 Å². The lowest BCUT2D eigenvalue weighted by Gasteiger charge is -2.10. The summed E-state index contributed by atoms with van der Waals surface area (Å²) in [5, 5.41) is 11.6. The van der Waals surface area contributed by atoms with Crippen LogP contribution in [0.2, 0.25) is 0 Å². The molecule has 10 rings (SSSR count). The average Bonchev–Trinajstić information content (AvgIpc) is 3.64. The highest BCUT2D eigenvalue weighted by molar-refractivity contribution is 7.26. The molecule has 10 aromatic rings. The summed E-state index contributed by atoms with van der Waals surface area (Å²) >= 11 is 3.67. The van der Waals surface area contributed by atoms with Crippen molar-refractivity contribution in [3.63, 3.8) is 0 Å². The van der Waals surface area contributed by atoms with Gasteiger partial charge in [-0.2, -0.15) is 0 Å². The van der Waals surface area contributed by atoms with Crippen LogP contribution in [0.15, 0.2) is 134 Å². The summed E-state index contributed by atoms with van der Waals surface area (Å²) in [6.45, 7) is 0. The fourth-order valence-electron chi connectivity index (χ4n) is 6.86. The van der Waals surface area contributed by atoms with E-state index in [9.17, 15) is 0 Å². The number of benzene rings is 6. The molecule has 0 amide bonds. The molecule has 204 valence electrons. The smallest absolute Gasteiger partial charge is 0.0889 e. The Hall–Kier alpha value is -5.16. The van der Waals surface area contributed by atoms with Gasteiger partial charge in [0.2, 0.25) is 0 Å². The Morgan fingerprint density at radius 2 is 0.932 bits per heavy atom. The molecule has 2 nitrogen and oxygen atoms in total. The summed E-state index contributed by atoms with van der Waals surface area (Å²) in [5.74, 6) is 0. The number of rotatable bonds is 2. The number of fused-ring (bicyclic) bond motifs is 12. The first-order valence-corrected chi connectivity index (χ1v) is 16.3. The van der Waals surface area contributed by atoms with Gasteiger partial charge in [0.25, 0.3) is 0 Å². The molecule has 0 radical (unpaired) electrons. The zero-order valence-corrected chi connectivity index (χ0v) is 25.0. The second-order valence-electron chi connectivity index (χ2n) is 11.4. The van der Waals surface area contributed by atoms with Crippen LogP contribution in [0.3, 0.4) is 0 Å². The summed E-state index contributed by atoms with van der Waals surface area (Å²) < 4.78 is 5.09. The van der Waals surface area contributed by atoms with Gasteiger partial charge in [0.15, 0.2) is 0 Å². The molecule has 0 aliphatic heterocycles. The van der Waals surface area contributed by atoms with Gasteiger partial charge in [-0.3, -0.25) is 9.97 Å². The van der Waals surface area contributed by atoms with E-state index in [0.717, 1.165) is 22.2 Å². The van der Waals surface area contributed by atoms with Crippen LogP contribution in [0.1, 0.15) is 0 Å². The number of aromatic nitrogens is 2. The van der Waals surface area contributed by atoms with Crippen molar-refractivity contribution in [3.8, 4) is 22.3 Å². The molecule has 0 spiro atoms. The van der Waals surface area contributed by atoms with E-state index in [-0.39, 0.29) is 0 Å². The summed E-state index contributed by atoms with van der Waals surface area (Å²) in [6.07, 6.45) is 5.92. The SMILES string of the molecule is c1ccc2c(c1)sc1ccc(-c3cncc(-c4cnc5c(c4)sc4cc6c7ccccc7c7ccccc7c6cc45)c3)cc12. The zero-order chi connectivity index (χ0) is 28.8. The fraction of sp³-hybridized carbons (Fsp3) is 0. The van der Waals surface area contributed by atoms with E-state index in [1.165, 1.54) is 72.8 Å². The van der Waals surface area contributed by atoms with Gasteiger partial charge in [0.05, 0.1) is 10.2 Å².